The highest BCUT2D eigenvalue weighted by Crippen LogP contribution is 2.41. The Bertz CT molecular complexity index is 1220. The number of ketones is 1. The van der Waals surface area contributed by atoms with Crippen molar-refractivity contribution in [3.05, 3.63) is 74.7 Å². The van der Waals surface area contributed by atoms with Crippen molar-refractivity contribution < 1.29 is 23.1 Å². The molecule has 0 bridgehead atoms. The number of aromatic hydroxyl groups is 1. The molecule has 0 aromatic heterocycles. The maximum atomic E-state index is 13.6. The molecular formula is C22H22Br2N2O5S. The highest BCUT2D eigenvalue weighted by atomic mass is 79.9. The first-order valence-electron chi connectivity index (χ1n) is 9.56. The molecule has 0 heterocycles. The van der Waals surface area contributed by atoms with Gasteiger partial charge in [0.05, 0.1) is 5.56 Å². The molecule has 0 fully saturated rings. The van der Waals surface area contributed by atoms with Crippen LogP contribution in [0.15, 0.2) is 63.6 Å². The molecule has 0 radical (unpaired) electrons. The fraction of sp³-hybridized carbons (Fsp3) is 0.227. The van der Waals surface area contributed by atoms with Crippen LogP contribution < -0.4 is 15.6 Å². The van der Waals surface area contributed by atoms with Crippen molar-refractivity contribution in [1.29, 1.82) is 0 Å². The zero-order valence-electron chi connectivity index (χ0n) is 17.2. The summed E-state index contributed by atoms with van der Waals surface area (Å²) in [6.07, 6.45) is 2.58. The number of para-hydroxylation sites is 1. The van der Waals surface area contributed by atoms with Crippen LogP contribution in [0.1, 0.15) is 35.7 Å². The lowest BCUT2D eigenvalue weighted by atomic mass is 9.86. The number of hydrogen-bond donors (Lipinski definition) is 3. The van der Waals surface area contributed by atoms with Gasteiger partial charge in [0.1, 0.15) is 28.0 Å². The van der Waals surface area contributed by atoms with Crippen LogP contribution >= 0.6 is 31.9 Å². The number of benzene rings is 2. The van der Waals surface area contributed by atoms with Gasteiger partial charge in [0.25, 0.3) is 0 Å². The summed E-state index contributed by atoms with van der Waals surface area (Å²) in [5.41, 5.74) is 5.67. The predicted molar refractivity (Wildman–Crippen MR) is 131 cm³/mol. The van der Waals surface area contributed by atoms with E-state index in [1.54, 1.807) is 36.4 Å². The Labute approximate surface area is 203 Å². The van der Waals surface area contributed by atoms with E-state index in [1.165, 1.54) is 18.2 Å². The van der Waals surface area contributed by atoms with Gasteiger partial charge in [-0.1, -0.05) is 57.8 Å². The van der Waals surface area contributed by atoms with Crippen molar-refractivity contribution in [2.24, 2.45) is 10.9 Å². The molecule has 7 nitrogen and oxygen atoms in total. The molecule has 0 atom stereocenters. The number of phenolic OH excluding ortho intramolecular Hbond substituents is 1. The quantitative estimate of drug-likeness (QED) is 0.430. The molecule has 5 N–H and O–H groups in total. The van der Waals surface area contributed by atoms with Gasteiger partial charge in [-0.05, 0) is 48.4 Å². The van der Waals surface area contributed by atoms with Gasteiger partial charge in [-0.15, -0.1) is 0 Å². The molecule has 32 heavy (non-hydrogen) atoms. The number of primary sulfonamides is 1. The number of carbonyl (C=O) groups is 1. The van der Waals surface area contributed by atoms with E-state index in [9.17, 15) is 18.3 Å². The lowest BCUT2D eigenvalue weighted by Gasteiger charge is -2.32. The average molecular weight is 586 g/mol. The van der Waals surface area contributed by atoms with Crippen LogP contribution in [0.5, 0.6) is 17.2 Å². The monoisotopic (exact) mass is 584 g/mol. The van der Waals surface area contributed by atoms with Crippen LogP contribution in [-0.4, -0.2) is 30.1 Å². The fourth-order valence-electron chi connectivity index (χ4n) is 3.26. The topological polar surface area (TPSA) is 133 Å². The number of Topliss-reactive ketones (excluding diaryl/α,β-unsaturated/α-hetero) is 1. The molecule has 1 aliphatic carbocycles. The maximum Gasteiger partial charge on any atom is 0.219 e. The van der Waals surface area contributed by atoms with Crippen molar-refractivity contribution in [2.75, 3.05) is 0 Å². The van der Waals surface area contributed by atoms with E-state index in [1.807, 2.05) is 13.8 Å². The van der Waals surface area contributed by atoms with E-state index in [4.69, 9.17) is 15.6 Å². The molecule has 2 aromatic rings. The Morgan fingerprint density at radius 1 is 1.12 bits per heavy atom. The van der Waals surface area contributed by atoms with Gasteiger partial charge in [-0.2, -0.15) is 0 Å². The van der Waals surface area contributed by atoms with E-state index in [-0.39, 0.29) is 31.9 Å². The summed E-state index contributed by atoms with van der Waals surface area (Å²) in [6.45, 7) is 3.89. The van der Waals surface area contributed by atoms with Crippen LogP contribution in [0.25, 0.3) is 0 Å². The number of halogens is 2. The molecule has 0 aliphatic heterocycles. The van der Waals surface area contributed by atoms with Crippen molar-refractivity contribution in [2.45, 2.75) is 30.6 Å². The molecule has 0 unspecified atom stereocenters. The molecule has 0 saturated carbocycles. The van der Waals surface area contributed by atoms with Gasteiger partial charge < -0.3 is 15.6 Å². The normalized spacial score (nSPS) is 21.2. The number of rotatable bonds is 6. The molecule has 0 amide bonds. The van der Waals surface area contributed by atoms with Crippen molar-refractivity contribution in [3.8, 4) is 17.2 Å². The minimum absolute atomic E-state index is 0.0685. The Morgan fingerprint density at radius 2 is 1.72 bits per heavy atom. The van der Waals surface area contributed by atoms with E-state index in [2.05, 4.69) is 31.9 Å². The summed E-state index contributed by atoms with van der Waals surface area (Å²) in [7, 11) is -3.92. The first-order valence-corrected chi connectivity index (χ1v) is 12.8. The molecule has 2 aromatic carbocycles. The third-order valence-electron chi connectivity index (χ3n) is 5.09. The molecule has 0 saturated heterocycles. The van der Waals surface area contributed by atoms with Crippen molar-refractivity contribution in [3.63, 3.8) is 0 Å². The summed E-state index contributed by atoms with van der Waals surface area (Å²) >= 11 is 6.53. The highest BCUT2D eigenvalue weighted by molar-refractivity contribution is 9.12. The van der Waals surface area contributed by atoms with E-state index >= 15 is 0 Å². The standard InChI is InChI=1S/C22H22Br2N2O5S/c1-12(2)16-9-13(7-8-17(16)27)31-18-6-4-3-5-15(18)21(28)22(25)19(23)10-14(11-20(22)24)32(26,29)30/h3-12,14,27H,25H2,1-2H3,(H2,26,29,30). The summed E-state index contributed by atoms with van der Waals surface area (Å²) < 4.78 is 29.8. The largest absolute Gasteiger partial charge is 0.508 e. The van der Waals surface area contributed by atoms with Gasteiger partial charge in [0.2, 0.25) is 10.0 Å². The number of nitrogens with two attached hydrogens (primary N) is 2. The Balaban J connectivity index is 2.01. The summed E-state index contributed by atoms with van der Waals surface area (Å²) in [4.78, 5) is 13.6. The first kappa shape index (κ1) is 24.7. The molecule has 10 heteroatoms. The molecule has 1 aliphatic rings. The minimum Gasteiger partial charge on any atom is -0.508 e. The highest BCUT2D eigenvalue weighted by Gasteiger charge is 2.45. The number of hydrogen-bond acceptors (Lipinski definition) is 6. The van der Waals surface area contributed by atoms with Crippen LogP contribution in [0.2, 0.25) is 0 Å². The number of phenols is 1. The van der Waals surface area contributed by atoms with Gasteiger partial charge in [-0.25, -0.2) is 13.6 Å². The van der Waals surface area contributed by atoms with E-state index in [0.29, 0.717) is 11.3 Å². The second kappa shape index (κ2) is 9.11. The fourth-order valence-corrected chi connectivity index (χ4v) is 5.89. The van der Waals surface area contributed by atoms with Gasteiger partial charge in [0.15, 0.2) is 5.78 Å². The SMILES string of the molecule is CC(C)c1cc(Oc2ccccc2C(=O)C2(N)C(Br)=CC(S(N)(=O)=O)C=C2Br)ccc1O. The third-order valence-corrected chi connectivity index (χ3v) is 7.90. The molecule has 170 valence electrons. The second-order valence-corrected chi connectivity index (χ2v) is 11.1. The number of sulfonamides is 1. The smallest absolute Gasteiger partial charge is 0.219 e. The maximum absolute atomic E-state index is 13.6. The summed E-state index contributed by atoms with van der Waals surface area (Å²) in [6, 6.07) is 11.4. The molecule has 0 spiro atoms. The Morgan fingerprint density at radius 3 is 2.28 bits per heavy atom. The first-order chi connectivity index (χ1) is 14.9. The lowest BCUT2D eigenvalue weighted by Crippen LogP contribution is -2.51. The predicted octanol–water partition coefficient (Wildman–Crippen LogP) is 4.42. The second-order valence-electron chi connectivity index (χ2n) is 7.69. The van der Waals surface area contributed by atoms with Crippen LogP contribution in [0.4, 0.5) is 0 Å². The van der Waals surface area contributed by atoms with E-state index in [0.717, 1.165) is 0 Å². The molecular weight excluding hydrogens is 564 g/mol. The summed E-state index contributed by atoms with van der Waals surface area (Å²) in [5.74, 6) is 0.415. The average Bonchev–Trinajstić information content (AvgIpc) is 2.72. The molecule has 3 rings (SSSR count). The van der Waals surface area contributed by atoms with Gasteiger partial charge in [-0.3, -0.25) is 4.79 Å². The Kier molecular flexibility index (Phi) is 7.02. The van der Waals surface area contributed by atoms with Gasteiger partial charge in [0, 0.05) is 14.5 Å². The van der Waals surface area contributed by atoms with Crippen LogP contribution in [0, 0.1) is 0 Å². The van der Waals surface area contributed by atoms with E-state index < -0.39 is 26.6 Å². The minimum atomic E-state index is -3.92. The summed E-state index contributed by atoms with van der Waals surface area (Å²) in [5, 5.41) is 14.2. The van der Waals surface area contributed by atoms with Crippen LogP contribution in [-0.2, 0) is 10.0 Å². The van der Waals surface area contributed by atoms with Crippen molar-refractivity contribution >= 4 is 47.7 Å². The Hall–Kier alpha value is -1.98. The lowest BCUT2D eigenvalue weighted by molar-refractivity contribution is 0.0940. The van der Waals surface area contributed by atoms with Gasteiger partial charge >= 0.3 is 0 Å². The van der Waals surface area contributed by atoms with Crippen LogP contribution in [0.3, 0.4) is 0 Å². The van der Waals surface area contributed by atoms with Crippen molar-refractivity contribution in [1.82, 2.24) is 0 Å². The zero-order valence-corrected chi connectivity index (χ0v) is 21.2. The number of carbonyl (C=O) groups excluding carboxylic acids is 1. The number of ether oxygens (including phenoxy) is 1. The zero-order chi connectivity index (χ0) is 23.8. The third kappa shape index (κ3) is 4.69.